The monoisotopic (exact) mass is 963 g/mol. The minimum atomic E-state index is -0.537. The highest BCUT2D eigenvalue weighted by Crippen LogP contribution is 2.66. The molecule has 0 amide bonds. The van der Waals surface area contributed by atoms with Gasteiger partial charge in [-0.2, -0.15) is 0 Å². The molecule has 2 nitrogen and oxygen atoms in total. The highest BCUT2D eigenvalue weighted by molar-refractivity contribution is 6.10. The molecule has 0 aliphatic heterocycles. The van der Waals surface area contributed by atoms with Crippen molar-refractivity contribution in [2.45, 2.75) is 10.8 Å². The molecular formula is C74H45NO. The lowest BCUT2D eigenvalue weighted by atomic mass is 9.70. The Balaban J connectivity index is 0.964. The maximum Gasteiger partial charge on any atom is 0.143 e. The van der Waals surface area contributed by atoms with Gasteiger partial charge < -0.3 is 9.32 Å². The lowest BCUT2D eigenvalue weighted by Crippen LogP contribution is -2.26. The second-order valence-electron chi connectivity index (χ2n) is 20.9. The Labute approximate surface area is 441 Å². The fourth-order valence-electron chi connectivity index (χ4n) is 14.6. The Morgan fingerprint density at radius 2 is 0.658 bits per heavy atom. The summed E-state index contributed by atoms with van der Waals surface area (Å²) in [6, 6.07) is 102. The third kappa shape index (κ3) is 5.30. The summed E-state index contributed by atoms with van der Waals surface area (Å²) in [5.74, 6) is 0. The van der Waals surface area contributed by atoms with Gasteiger partial charge in [0.2, 0.25) is 0 Å². The van der Waals surface area contributed by atoms with Crippen LogP contribution in [0.2, 0.25) is 0 Å². The van der Waals surface area contributed by atoms with Crippen LogP contribution in [0.15, 0.2) is 277 Å². The van der Waals surface area contributed by atoms with Gasteiger partial charge in [0.05, 0.1) is 16.5 Å². The van der Waals surface area contributed by atoms with Crippen LogP contribution in [0, 0.1) is 0 Å². The van der Waals surface area contributed by atoms with E-state index in [2.05, 4.69) is 272 Å². The van der Waals surface area contributed by atoms with Crippen molar-refractivity contribution in [1.82, 2.24) is 0 Å². The summed E-state index contributed by atoms with van der Waals surface area (Å²) in [5, 5.41) is 2.25. The highest BCUT2D eigenvalue weighted by atomic mass is 16.3. The molecule has 0 unspecified atom stereocenters. The molecule has 1 aromatic heterocycles. The van der Waals surface area contributed by atoms with E-state index in [9.17, 15) is 0 Å². The van der Waals surface area contributed by atoms with Gasteiger partial charge in [-0.1, -0.05) is 231 Å². The first-order chi connectivity index (χ1) is 37.7. The van der Waals surface area contributed by atoms with Crippen molar-refractivity contribution in [1.29, 1.82) is 0 Å². The second-order valence-corrected chi connectivity index (χ2v) is 20.9. The number of fused-ring (bicyclic) bond motifs is 23. The van der Waals surface area contributed by atoms with Crippen LogP contribution in [-0.4, -0.2) is 0 Å². The van der Waals surface area contributed by atoms with Crippen molar-refractivity contribution in [2.75, 3.05) is 4.90 Å². The summed E-state index contributed by atoms with van der Waals surface area (Å²) in [6.07, 6.45) is 0. The minimum Gasteiger partial charge on any atom is -0.455 e. The highest BCUT2D eigenvalue weighted by Gasteiger charge is 2.53. The number of benzene rings is 12. The lowest BCUT2D eigenvalue weighted by molar-refractivity contribution is 0.670. The van der Waals surface area contributed by atoms with E-state index >= 15 is 0 Å². The molecule has 17 rings (SSSR count). The summed E-state index contributed by atoms with van der Waals surface area (Å²) < 4.78 is 6.64. The first kappa shape index (κ1) is 41.7. The Morgan fingerprint density at radius 1 is 0.250 bits per heavy atom. The number of furan rings is 1. The van der Waals surface area contributed by atoms with Crippen LogP contribution in [0.3, 0.4) is 0 Å². The van der Waals surface area contributed by atoms with Gasteiger partial charge in [-0.05, 0) is 143 Å². The number of nitrogens with zero attached hydrogens (tertiary/aromatic N) is 1. The molecule has 2 spiro atoms. The standard InChI is InChI=1S/C74H45NO/c1-2-19-46(20-3-1)60-44-61-56-26-9-16-35-67(56)74(64-32-13-6-23-53(64)54-24-7-14-33-65(54)74)69(61)45-70(60)75(48-39-37-47(38-40-48)50-28-18-29-59-58-27-10-17-36-71(58)76-72(50)59)49-41-42-57-55-25-8-15-34-66(55)73(68(57)43-49)62-30-11-4-21-51(62)52-22-5-12-31-63(52)73/h1-45H. The molecule has 13 aromatic rings. The van der Waals surface area contributed by atoms with Gasteiger partial charge in [0.1, 0.15) is 11.2 Å². The van der Waals surface area contributed by atoms with Crippen molar-refractivity contribution in [3.63, 3.8) is 0 Å². The van der Waals surface area contributed by atoms with Crippen LogP contribution in [0.1, 0.15) is 44.5 Å². The van der Waals surface area contributed by atoms with Gasteiger partial charge in [-0.15, -0.1) is 0 Å². The Bertz CT molecular complexity index is 4490. The van der Waals surface area contributed by atoms with Crippen molar-refractivity contribution >= 4 is 39.0 Å². The van der Waals surface area contributed by atoms with E-state index in [0.717, 1.165) is 61.3 Å². The SMILES string of the molecule is c1ccc(-c2cc3c(cc2N(c2ccc(-c4cccc5c4oc4ccccc45)cc2)c2ccc4c(c2)C2(c5ccccc5-c5ccccc52)c2ccccc2-4)C2(c4ccccc4-c4ccccc42)c2ccccc2-3)cc1. The molecule has 0 bridgehead atoms. The van der Waals surface area contributed by atoms with Gasteiger partial charge in [-0.3, -0.25) is 0 Å². The zero-order chi connectivity index (χ0) is 49.7. The third-order valence-corrected chi connectivity index (χ3v) is 17.5. The van der Waals surface area contributed by atoms with E-state index in [0.29, 0.717) is 0 Å². The smallest absolute Gasteiger partial charge is 0.143 e. The second kappa shape index (κ2) is 15.4. The fourth-order valence-corrected chi connectivity index (χ4v) is 14.6. The zero-order valence-corrected chi connectivity index (χ0v) is 41.3. The van der Waals surface area contributed by atoms with Gasteiger partial charge in [0.15, 0.2) is 0 Å². The lowest BCUT2D eigenvalue weighted by Gasteiger charge is -2.34. The largest absolute Gasteiger partial charge is 0.455 e. The van der Waals surface area contributed by atoms with Gasteiger partial charge in [-0.25, -0.2) is 0 Å². The number of hydrogen-bond donors (Lipinski definition) is 0. The van der Waals surface area contributed by atoms with E-state index in [1.54, 1.807) is 0 Å². The third-order valence-electron chi connectivity index (χ3n) is 17.5. The van der Waals surface area contributed by atoms with Crippen LogP contribution in [0.25, 0.3) is 88.7 Å². The summed E-state index contributed by atoms with van der Waals surface area (Å²) in [7, 11) is 0. The molecule has 4 aliphatic carbocycles. The van der Waals surface area contributed by atoms with E-state index in [1.165, 1.54) is 89.0 Å². The predicted molar refractivity (Wildman–Crippen MR) is 312 cm³/mol. The molecule has 352 valence electrons. The van der Waals surface area contributed by atoms with Crippen LogP contribution in [0.5, 0.6) is 0 Å². The summed E-state index contributed by atoms with van der Waals surface area (Å²) in [5.41, 5.74) is 29.3. The first-order valence-electron chi connectivity index (χ1n) is 26.5. The van der Waals surface area contributed by atoms with Gasteiger partial charge >= 0.3 is 0 Å². The quantitative estimate of drug-likeness (QED) is 0.171. The molecule has 0 saturated heterocycles. The Morgan fingerprint density at radius 3 is 1.21 bits per heavy atom. The number of anilines is 3. The van der Waals surface area contributed by atoms with E-state index in [4.69, 9.17) is 4.42 Å². The summed E-state index contributed by atoms with van der Waals surface area (Å²) in [6.45, 7) is 0. The molecule has 0 atom stereocenters. The zero-order valence-electron chi connectivity index (χ0n) is 41.3. The first-order valence-corrected chi connectivity index (χ1v) is 26.5. The molecule has 1 heterocycles. The Hall–Kier alpha value is -9.76. The molecule has 2 heteroatoms. The summed E-state index contributed by atoms with van der Waals surface area (Å²) >= 11 is 0. The maximum atomic E-state index is 6.64. The van der Waals surface area contributed by atoms with Crippen molar-refractivity contribution in [2.24, 2.45) is 0 Å². The molecule has 0 N–H and O–H groups in total. The average Bonchev–Trinajstić information content (AvgIpc) is 4.43. The van der Waals surface area contributed by atoms with Crippen LogP contribution in [0.4, 0.5) is 17.1 Å². The fraction of sp³-hybridized carbons (Fsp3) is 0.0270. The molecule has 0 fully saturated rings. The number of hydrogen-bond acceptors (Lipinski definition) is 2. The molecule has 76 heavy (non-hydrogen) atoms. The number of rotatable bonds is 5. The normalized spacial score (nSPS) is 14.0. The Kier molecular flexibility index (Phi) is 8.44. The van der Waals surface area contributed by atoms with Gasteiger partial charge in [0.25, 0.3) is 0 Å². The average molecular weight is 964 g/mol. The molecular weight excluding hydrogens is 919 g/mol. The predicted octanol–water partition coefficient (Wildman–Crippen LogP) is 19.1. The topological polar surface area (TPSA) is 16.4 Å². The van der Waals surface area contributed by atoms with Crippen molar-refractivity contribution in [3.8, 4) is 66.8 Å². The van der Waals surface area contributed by atoms with E-state index < -0.39 is 10.8 Å². The van der Waals surface area contributed by atoms with Crippen LogP contribution < -0.4 is 4.90 Å². The number of para-hydroxylation sites is 2. The summed E-state index contributed by atoms with van der Waals surface area (Å²) in [4.78, 5) is 2.56. The van der Waals surface area contributed by atoms with Crippen molar-refractivity contribution in [3.05, 3.63) is 317 Å². The van der Waals surface area contributed by atoms with Crippen LogP contribution in [-0.2, 0) is 10.8 Å². The van der Waals surface area contributed by atoms with Gasteiger partial charge in [0, 0.05) is 33.3 Å². The van der Waals surface area contributed by atoms with Crippen LogP contribution >= 0.6 is 0 Å². The van der Waals surface area contributed by atoms with E-state index in [1.807, 2.05) is 6.07 Å². The molecule has 12 aromatic carbocycles. The van der Waals surface area contributed by atoms with E-state index in [-0.39, 0.29) is 0 Å². The van der Waals surface area contributed by atoms with Crippen molar-refractivity contribution < 1.29 is 4.42 Å². The molecule has 0 radical (unpaired) electrons. The molecule has 0 saturated carbocycles. The maximum absolute atomic E-state index is 6.64. The minimum absolute atomic E-state index is 0.515. The molecule has 4 aliphatic rings.